The number of rotatable bonds is 4. The zero-order valence-corrected chi connectivity index (χ0v) is 15.4. The van der Waals surface area contributed by atoms with Crippen molar-refractivity contribution in [3.8, 4) is 11.6 Å². The van der Waals surface area contributed by atoms with E-state index >= 15 is 0 Å². The highest BCUT2D eigenvalue weighted by atomic mass is 16.5. The van der Waals surface area contributed by atoms with E-state index in [-0.39, 0.29) is 11.8 Å². The Kier molecular flexibility index (Phi) is 5.25. The maximum atomic E-state index is 12.6. The molecule has 7 nitrogen and oxygen atoms in total. The van der Waals surface area contributed by atoms with Gasteiger partial charge in [0.25, 0.3) is 5.91 Å². The minimum atomic E-state index is -0.628. The van der Waals surface area contributed by atoms with E-state index in [1.165, 1.54) is 0 Å². The molecule has 0 saturated carbocycles. The molecule has 1 unspecified atom stereocenters. The van der Waals surface area contributed by atoms with Crippen molar-refractivity contribution >= 4 is 11.8 Å². The number of ether oxygens (including phenoxy) is 1. The first-order valence-electron chi connectivity index (χ1n) is 8.78. The zero-order valence-electron chi connectivity index (χ0n) is 15.4. The van der Waals surface area contributed by atoms with Crippen molar-refractivity contribution in [2.75, 3.05) is 26.2 Å². The van der Waals surface area contributed by atoms with E-state index < -0.39 is 6.10 Å². The fourth-order valence-corrected chi connectivity index (χ4v) is 2.99. The van der Waals surface area contributed by atoms with Crippen molar-refractivity contribution in [1.82, 2.24) is 19.6 Å². The number of aryl methyl sites for hydroxylation is 1. The minimum Gasteiger partial charge on any atom is -0.463 e. The Morgan fingerprint density at radius 1 is 1.08 bits per heavy atom. The summed E-state index contributed by atoms with van der Waals surface area (Å²) in [5.41, 5.74) is 1.81. The molecule has 26 heavy (non-hydrogen) atoms. The summed E-state index contributed by atoms with van der Waals surface area (Å²) in [6, 6.07) is 9.75. The van der Waals surface area contributed by atoms with Crippen LogP contribution in [0.2, 0.25) is 0 Å². The first-order chi connectivity index (χ1) is 12.5. The van der Waals surface area contributed by atoms with Gasteiger partial charge in [-0.1, -0.05) is 18.2 Å². The molecule has 2 amide bonds. The molecule has 1 aliphatic rings. The number of carbonyl (C=O) groups is 2. The smallest absolute Gasteiger partial charge is 0.263 e. The number of hydrogen-bond donors (Lipinski definition) is 0. The summed E-state index contributed by atoms with van der Waals surface area (Å²) in [6.07, 6.45) is 1.25. The van der Waals surface area contributed by atoms with Gasteiger partial charge in [0.05, 0.1) is 5.69 Å². The molecule has 1 aliphatic heterocycles. The predicted octanol–water partition coefficient (Wildman–Crippen LogP) is 1.64. The molecule has 0 bridgehead atoms. The van der Waals surface area contributed by atoms with E-state index in [1.807, 2.05) is 43.5 Å². The summed E-state index contributed by atoms with van der Waals surface area (Å²) >= 11 is 0. The van der Waals surface area contributed by atoms with Crippen molar-refractivity contribution < 1.29 is 14.3 Å². The van der Waals surface area contributed by atoms with Crippen LogP contribution >= 0.6 is 0 Å². The summed E-state index contributed by atoms with van der Waals surface area (Å²) in [7, 11) is 0. The highest BCUT2D eigenvalue weighted by Crippen LogP contribution is 2.19. The summed E-state index contributed by atoms with van der Waals surface area (Å²) < 4.78 is 7.58. The highest BCUT2D eigenvalue weighted by Gasteiger charge is 2.27. The quantitative estimate of drug-likeness (QED) is 0.835. The number of amides is 2. The Morgan fingerprint density at radius 2 is 1.69 bits per heavy atom. The van der Waals surface area contributed by atoms with E-state index in [4.69, 9.17) is 4.74 Å². The van der Waals surface area contributed by atoms with Crippen LogP contribution < -0.4 is 4.74 Å². The van der Waals surface area contributed by atoms with Crippen molar-refractivity contribution in [3.05, 3.63) is 42.1 Å². The van der Waals surface area contributed by atoms with Crippen LogP contribution in [0, 0.1) is 6.92 Å². The van der Waals surface area contributed by atoms with Crippen LogP contribution in [-0.4, -0.2) is 63.7 Å². The van der Waals surface area contributed by atoms with E-state index in [0.717, 1.165) is 11.3 Å². The minimum absolute atomic E-state index is 0.0449. The molecule has 1 atom stereocenters. The summed E-state index contributed by atoms with van der Waals surface area (Å²) in [5.74, 6) is 0.419. The lowest BCUT2D eigenvalue weighted by atomic mass is 10.2. The largest absolute Gasteiger partial charge is 0.463 e. The molecule has 0 spiro atoms. The lowest BCUT2D eigenvalue weighted by molar-refractivity contribution is -0.143. The van der Waals surface area contributed by atoms with Crippen LogP contribution in [0.4, 0.5) is 0 Å². The van der Waals surface area contributed by atoms with Crippen LogP contribution in [0.3, 0.4) is 0 Å². The lowest BCUT2D eigenvalue weighted by Gasteiger charge is -2.35. The van der Waals surface area contributed by atoms with E-state index in [2.05, 4.69) is 5.10 Å². The second-order valence-corrected chi connectivity index (χ2v) is 6.49. The SMILES string of the molecule is CC(=O)N1CCN(C(=O)C(C)Oc2nn(-c3ccccc3)cc2C)CC1. The fourth-order valence-electron chi connectivity index (χ4n) is 2.99. The molecule has 0 N–H and O–H groups in total. The van der Waals surface area contributed by atoms with Gasteiger partial charge in [0.15, 0.2) is 6.10 Å². The van der Waals surface area contributed by atoms with Gasteiger partial charge in [0.1, 0.15) is 0 Å². The maximum Gasteiger partial charge on any atom is 0.263 e. The van der Waals surface area contributed by atoms with Gasteiger partial charge in [-0.2, -0.15) is 0 Å². The van der Waals surface area contributed by atoms with Crippen molar-refractivity contribution in [2.24, 2.45) is 0 Å². The number of aromatic nitrogens is 2. The lowest BCUT2D eigenvalue weighted by Crippen LogP contribution is -2.52. The van der Waals surface area contributed by atoms with E-state index in [1.54, 1.807) is 28.3 Å². The fraction of sp³-hybridized carbons (Fsp3) is 0.421. The molecule has 3 rings (SSSR count). The third kappa shape index (κ3) is 3.87. The van der Waals surface area contributed by atoms with Crippen LogP contribution in [0.1, 0.15) is 19.4 Å². The van der Waals surface area contributed by atoms with Crippen molar-refractivity contribution in [1.29, 1.82) is 0 Å². The average molecular weight is 356 g/mol. The maximum absolute atomic E-state index is 12.6. The zero-order chi connectivity index (χ0) is 18.7. The van der Waals surface area contributed by atoms with E-state index in [0.29, 0.717) is 32.1 Å². The second kappa shape index (κ2) is 7.59. The monoisotopic (exact) mass is 356 g/mol. The van der Waals surface area contributed by atoms with Gasteiger partial charge in [-0.15, -0.1) is 5.10 Å². The Labute approximate surface area is 153 Å². The molecule has 0 radical (unpaired) electrons. The van der Waals surface area contributed by atoms with Gasteiger partial charge >= 0.3 is 0 Å². The molecule has 2 heterocycles. The highest BCUT2D eigenvalue weighted by molar-refractivity contribution is 5.81. The van der Waals surface area contributed by atoms with Gasteiger partial charge in [-0.25, -0.2) is 4.68 Å². The molecule has 1 fully saturated rings. The standard InChI is InChI=1S/C19H24N4O3/c1-14-13-23(17-7-5-4-6-8-17)20-18(14)26-15(2)19(25)22-11-9-21(10-12-22)16(3)24/h4-8,13,15H,9-12H2,1-3H3. The molecule has 1 saturated heterocycles. The average Bonchev–Trinajstić information content (AvgIpc) is 3.02. The topological polar surface area (TPSA) is 67.7 Å². The van der Waals surface area contributed by atoms with Crippen LogP contribution in [-0.2, 0) is 9.59 Å². The van der Waals surface area contributed by atoms with Crippen LogP contribution in [0.5, 0.6) is 5.88 Å². The van der Waals surface area contributed by atoms with Crippen LogP contribution in [0.15, 0.2) is 36.5 Å². The molecule has 138 valence electrons. The Balaban J connectivity index is 1.63. The summed E-state index contributed by atoms with van der Waals surface area (Å²) in [5, 5.41) is 4.45. The Hall–Kier alpha value is -2.83. The van der Waals surface area contributed by atoms with E-state index in [9.17, 15) is 9.59 Å². The number of benzene rings is 1. The van der Waals surface area contributed by atoms with Crippen molar-refractivity contribution in [2.45, 2.75) is 26.9 Å². The normalized spacial score (nSPS) is 15.7. The number of nitrogens with zero attached hydrogens (tertiary/aromatic N) is 4. The second-order valence-electron chi connectivity index (χ2n) is 6.49. The van der Waals surface area contributed by atoms with Gasteiger partial charge in [-0.3, -0.25) is 9.59 Å². The molecule has 2 aromatic rings. The summed E-state index contributed by atoms with van der Waals surface area (Å²) in [6.45, 7) is 7.39. The third-order valence-corrected chi connectivity index (χ3v) is 4.55. The molecule has 1 aromatic heterocycles. The van der Waals surface area contributed by atoms with Gasteiger partial charge in [0, 0.05) is 44.9 Å². The molecule has 7 heteroatoms. The first-order valence-corrected chi connectivity index (χ1v) is 8.78. The number of piperazine rings is 1. The van der Waals surface area contributed by atoms with Gasteiger partial charge < -0.3 is 14.5 Å². The number of hydrogen-bond acceptors (Lipinski definition) is 4. The van der Waals surface area contributed by atoms with Crippen LogP contribution in [0.25, 0.3) is 5.69 Å². The number of carbonyl (C=O) groups excluding carboxylic acids is 2. The first kappa shape index (κ1) is 18.0. The van der Waals surface area contributed by atoms with Crippen molar-refractivity contribution in [3.63, 3.8) is 0 Å². The number of para-hydroxylation sites is 1. The Bertz CT molecular complexity index is 779. The molecule has 0 aliphatic carbocycles. The molecular formula is C19H24N4O3. The van der Waals surface area contributed by atoms with Gasteiger partial charge in [0.2, 0.25) is 11.8 Å². The summed E-state index contributed by atoms with van der Waals surface area (Å²) in [4.78, 5) is 27.5. The molecule has 1 aromatic carbocycles. The van der Waals surface area contributed by atoms with Gasteiger partial charge in [-0.05, 0) is 26.0 Å². The molecular weight excluding hydrogens is 332 g/mol. The Morgan fingerprint density at radius 3 is 2.31 bits per heavy atom. The third-order valence-electron chi connectivity index (χ3n) is 4.55. The predicted molar refractivity (Wildman–Crippen MR) is 97.2 cm³/mol.